The van der Waals surface area contributed by atoms with E-state index in [9.17, 15) is 9.90 Å². The maximum absolute atomic E-state index is 11.3. The molecule has 1 aromatic heterocycles. The maximum atomic E-state index is 11.3. The van der Waals surface area contributed by atoms with Crippen molar-refractivity contribution in [2.45, 2.75) is 44.4 Å². The number of carboxylic acid groups (broad SMARTS) is 1. The van der Waals surface area contributed by atoms with Crippen LogP contribution < -0.4 is 4.90 Å². The van der Waals surface area contributed by atoms with Crippen LogP contribution in [0.1, 0.15) is 60.8 Å². The first-order valence-corrected chi connectivity index (χ1v) is 6.74. The van der Waals surface area contributed by atoms with Gasteiger partial charge >= 0.3 is 5.97 Å². The van der Waals surface area contributed by atoms with E-state index in [-0.39, 0.29) is 5.69 Å². The topological polar surface area (TPSA) is 66.6 Å². The standard InChI is InChI=1S/C13H18N2O3/c16-13(17)10-12(15-7-2-1-3-8-15)18-11(14-10)9-5-4-6-9/h9H,1-8H2,(H,16,17). The lowest BCUT2D eigenvalue weighted by molar-refractivity contribution is 0.0691. The van der Waals surface area contributed by atoms with Crippen LogP contribution in [0.4, 0.5) is 5.88 Å². The Morgan fingerprint density at radius 1 is 1.22 bits per heavy atom. The third-order valence-electron chi connectivity index (χ3n) is 3.93. The van der Waals surface area contributed by atoms with E-state index in [1.54, 1.807) is 0 Å². The van der Waals surface area contributed by atoms with Gasteiger partial charge in [-0.2, -0.15) is 0 Å². The molecule has 1 saturated heterocycles. The number of rotatable bonds is 3. The predicted octanol–water partition coefficient (Wildman–Crippen LogP) is 2.63. The highest BCUT2D eigenvalue weighted by Crippen LogP contribution is 2.38. The van der Waals surface area contributed by atoms with Gasteiger partial charge in [0.05, 0.1) is 0 Å². The number of oxazole rings is 1. The van der Waals surface area contributed by atoms with Crippen molar-refractivity contribution in [2.24, 2.45) is 0 Å². The number of carboxylic acids is 1. The zero-order chi connectivity index (χ0) is 12.5. The van der Waals surface area contributed by atoms with Gasteiger partial charge in [-0.1, -0.05) is 6.42 Å². The lowest BCUT2D eigenvalue weighted by atomic mass is 9.85. The van der Waals surface area contributed by atoms with Crippen molar-refractivity contribution in [2.75, 3.05) is 18.0 Å². The zero-order valence-electron chi connectivity index (χ0n) is 10.4. The van der Waals surface area contributed by atoms with E-state index in [0.29, 0.717) is 17.7 Å². The molecule has 2 aliphatic rings. The van der Waals surface area contributed by atoms with Crippen LogP contribution in [0.25, 0.3) is 0 Å². The molecule has 0 atom stereocenters. The molecule has 1 aromatic rings. The summed E-state index contributed by atoms with van der Waals surface area (Å²) in [6, 6.07) is 0. The largest absolute Gasteiger partial charge is 0.476 e. The summed E-state index contributed by atoms with van der Waals surface area (Å²) in [5.41, 5.74) is 0.0961. The van der Waals surface area contributed by atoms with Crippen LogP contribution >= 0.6 is 0 Å². The molecule has 1 aliphatic heterocycles. The fourth-order valence-electron chi connectivity index (χ4n) is 2.61. The third-order valence-corrected chi connectivity index (χ3v) is 3.93. The third kappa shape index (κ3) is 1.98. The number of carbonyl (C=O) groups is 1. The number of nitrogens with zero attached hydrogens (tertiary/aromatic N) is 2. The summed E-state index contributed by atoms with van der Waals surface area (Å²) in [5.74, 6) is 0.454. The SMILES string of the molecule is O=C(O)c1nc(C2CCC2)oc1N1CCCCC1. The molecule has 1 saturated carbocycles. The minimum absolute atomic E-state index is 0.0961. The molecule has 3 rings (SSSR count). The number of hydrogen-bond donors (Lipinski definition) is 1. The Morgan fingerprint density at radius 3 is 2.50 bits per heavy atom. The molecule has 1 aliphatic carbocycles. The van der Waals surface area contributed by atoms with Crippen molar-refractivity contribution in [3.05, 3.63) is 11.6 Å². The van der Waals surface area contributed by atoms with Crippen molar-refractivity contribution < 1.29 is 14.3 Å². The van der Waals surface area contributed by atoms with Crippen molar-refractivity contribution in [1.29, 1.82) is 0 Å². The molecule has 0 spiro atoms. The molecular weight excluding hydrogens is 232 g/mol. The number of anilines is 1. The first-order chi connectivity index (χ1) is 8.75. The molecule has 5 nitrogen and oxygen atoms in total. The van der Waals surface area contributed by atoms with Gasteiger partial charge in [0.2, 0.25) is 17.5 Å². The molecule has 0 bridgehead atoms. The number of aromatic nitrogens is 1. The number of aromatic carboxylic acids is 1. The molecule has 5 heteroatoms. The number of piperidine rings is 1. The first-order valence-electron chi connectivity index (χ1n) is 6.74. The molecule has 2 fully saturated rings. The Labute approximate surface area is 106 Å². The summed E-state index contributed by atoms with van der Waals surface area (Å²) in [6.45, 7) is 1.75. The molecule has 2 heterocycles. The average Bonchev–Trinajstić information content (AvgIpc) is 2.73. The van der Waals surface area contributed by atoms with E-state index in [1.165, 1.54) is 12.8 Å². The number of hydrogen-bond acceptors (Lipinski definition) is 4. The highest BCUT2D eigenvalue weighted by atomic mass is 16.4. The Bertz CT molecular complexity index is 445. The fraction of sp³-hybridized carbons (Fsp3) is 0.692. The van der Waals surface area contributed by atoms with Crippen molar-refractivity contribution in [3.63, 3.8) is 0 Å². The van der Waals surface area contributed by atoms with E-state index >= 15 is 0 Å². The Balaban J connectivity index is 1.89. The van der Waals surface area contributed by atoms with Crippen LogP contribution in [0.2, 0.25) is 0 Å². The van der Waals surface area contributed by atoms with Crippen LogP contribution in [0.5, 0.6) is 0 Å². The Hall–Kier alpha value is -1.52. The first kappa shape index (κ1) is 11.6. The van der Waals surface area contributed by atoms with Crippen LogP contribution in [-0.2, 0) is 0 Å². The molecule has 0 radical (unpaired) electrons. The van der Waals surface area contributed by atoms with Crippen LogP contribution in [0, 0.1) is 0 Å². The normalized spacial score (nSPS) is 20.8. The molecule has 98 valence electrons. The van der Waals surface area contributed by atoms with E-state index in [4.69, 9.17) is 4.42 Å². The summed E-state index contributed by atoms with van der Waals surface area (Å²) in [6.07, 6.45) is 6.73. The second kappa shape index (κ2) is 4.63. The highest BCUT2D eigenvalue weighted by molar-refractivity contribution is 5.90. The van der Waals surface area contributed by atoms with Gasteiger partial charge in [-0.25, -0.2) is 9.78 Å². The predicted molar refractivity (Wildman–Crippen MR) is 66.1 cm³/mol. The van der Waals surface area contributed by atoms with Gasteiger partial charge in [0.15, 0.2) is 0 Å². The van der Waals surface area contributed by atoms with Crippen LogP contribution in [0.3, 0.4) is 0 Å². The van der Waals surface area contributed by atoms with Crippen LogP contribution in [0.15, 0.2) is 4.42 Å². The van der Waals surface area contributed by atoms with E-state index in [1.807, 2.05) is 4.90 Å². The molecular formula is C13H18N2O3. The van der Waals surface area contributed by atoms with Gasteiger partial charge in [-0.15, -0.1) is 0 Å². The summed E-state index contributed by atoms with van der Waals surface area (Å²) < 4.78 is 5.75. The molecule has 18 heavy (non-hydrogen) atoms. The van der Waals surface area contributed by atoms with Gasteiger partial charge in [0.1, 0.15) is 0 Å². The quantitative estimate of drug-likeness (QED) is 0.893. The van der Waals surface area contributed by atoms with Crippen LogP contribution in [-0.4, -0.2) is 29.1 Å². The maximum Gasteiger partial charge on any atom is 0.360 e. The second-order valence-electron chi connectivity index (χ2n) is 5.19. The fourth-order valence-corrected chi connectivity index (χ4v) is 2.61. The van der Waals surface area contributed by atoms with Gasteiger partial charge in [-0.05, 0) is 32.1 Å². The molecule has 0 unspecified atom stereocenters. The minimum atomic E-state index is -0.982. The summed E-state index contributed by atoms with van der Waals surface area (Å²) in [7, 11) is 0. The molecule has 0 aromatic carbocycles. The summed E-state index contributed by atoms with van der Waals surface area (Å²) in [5, 5.41) is 9.23. The Morgan fingerprint density at radius 2 is 1.94 bits per heavy atom. The van der Waals surface area contributed by atoms with Gasteiger partial charge in [0, 0.05) is 19.0 Å². The van der Waals surface area contributed by atoms with E-state index in [2.05, 4.69) is 4.98 Å². The second-order valence-corrected chi connectivity index (χ2v) is 5.19. The summed E-state index contributed by atoms with van der Waals surface area (Å²) in [4.78, 5) is 17.5. The van der Waals surface area contributed by atoms with Gasteiger partial charge in [0.25, 0.3) is 0 Å². The lowest BCUT2D eigenvalue weighted by Gasteiger charge is -2.26. The van der Waals surface area contributed by atoms with E-state index in [0.717, 1.165) is 38.8 Å². The zero-order valence-corrected chi connectivity index (χ0v) is 10.4. The Kier molecular flexibility index (Phi) is 2.97. The molecule has 0 amide bonds. The van der Waals surface area contributed by atoms with Gasteiger partial charge in [-0.3, -0.25) is 0 Å². The molecule has 1 N–H and O–H groups in total. The highest BCUT2D eigenvalue weighted by Gasteiger charge is 2.30. The average molecular weight is 250 g/mol. The van der Waals surface area contributed by atoms with E-state index < -0.39 is 5.97 Å². The minimum Gasteiger partial charge on any atom is -0.476 e. The lowest BCUT2D eigenvalue weighted by Crippen LogP contribution is -2.30. The monoisotopic (exact) mass is 250 g/mol. The van der Waals surface area contributed by atoms with Crippen molar-refractivity contribution in [3.8, 4) is 0 Å². The summed E-state index contributed by atoms with van der Waals surface area (Å²) >= 11 is 0. The van der Waals surface area contributed by atoms with Crippen molar-refractivity contribution in [1.82, 2.24) is 4.98 Å². The smallest absolute Gasteiger partial charge is 0.360 e. The van der Waals surface area contributed by atoms with Gasteiger partial charge < -0.3 is 14.4 Å². The van der Waals surface area contributed by atoms with Crippen molar-refractivity contribution >= 4 is 11.9 Å².